The number of carbonyl (C=O) groups is 2. The van der Waals surface area contributed by atoms with E-state index in [4.69, 9.17) is 4.42 Å². The lowest BCUT2D eigenvalue weighted by Gasteiger charge is -2.09. The minimum Gasteiger partial charge on any atom is -0.451 e. The third-order valence-corrected chi connectivity index (χ3v) is 4.41. The first-order valence-electron chi connectivity index (χ1n) is 8.73. The fraction of sp³-hybridized carbons (Fsp3) is 0.300. The van der Waals surface area contributed by atoms with E-state index in [0.717, 1.165) is 16.5 Å². The lowest BCUT2D eigenvalue weighted by Crippen LogP contribution is -2.27. The maximum Gasteiger partial charge on any atom is 0.287 e. The van der Waals surface area contributed by atoms with E-state index < -0.39 is 0 Å². The van der Waals surface area contributed by atoms with E-state index in [2.05, 4.69) is 20.6 Å². The van der Waals surface area contributed by atoms with Gasteiger partial charge in [-0.2, -0.15) is 0 Å². The summed E-state index contributed by atoms with van der Waals surface area (Å²) in [7, 11) is 1.56. The molecule has 3 rings (SSSR count). The van der Waals surface area contributed by atoms with Crippen LogP contribution in [-0.4, -0.2) is 35.4 Å². The first-order valence-corrected chi connectivity index (χ1v) is 8.73. The number of nitrogens with one attached hydrogen (secondary N) is 2. The van der Waals surface area contributed by atoms with Crippen LogP contribution in [0.15, 0.2) is 28.8 Å². The number of carbonyl (C=O) groups excluding carboxylic acids is 2. The van der Waals surface area contributed by atoms with Crippen LogP contribution in [0.25, 0.3) is 11.0 Å². The molecule has 0 bridgehead atoms. The van der Waals surface area contributed by atoms with E-state index in [1.807, 2.05) is 32.0 Å². The minimum absolute atomic E-state index is 0.250. The molecule has 7 heteroatoms. The molecular weight excluding hydrogens is 344 g/mol. The smallest absolute Gasteiger partial charge is 0.287 e. The second kappa shape index (κ2) is 7.57. The Balaban J connectivity index is 1.73. The lowest BCUT2D eigenvalue weighted by molar-refractivity contribution is 0.0927. The van der Waals surface area contributed by atoms with Crippen LogP contribution in [0.5, 0.6) is 0 Å². The third kappa shape index (κ3) is 3.81. The Labute approximate surface area is 157 Å². The number of furan rings is 1. The van der Waals surface area contributed by atoms with Gasteiger partial charge >= 0.3 is 0 Å². The zero-order valence-corrected chi connectivity index (χ0v) is 15.8. The topological polar surface area (TPSA) is 97.1 Å². The van der Waals surface area contributed by atoms with Gasteiger partial charge in [0.05, 0.1) is 11.3 Å². The van der Waals surface area contributed by atoms with E-state index in [9.17, 15) is 9.59 Å². The second-order valence-corrected chi connectivity index (χ2v) is 6.42. The van der Waals surface area contributed by atoms with Gasteiger partial charge in [0.15, 0.2) is 5.76 Å². The van der Waals surface area contributed by atoms with Crippen molar-refractivity contribution in [3.63, 3.8) is 0 Å². The largest absolute Gasteiger partial charge is 0.451 e. The van der Waals surface area contributed by atoms with Crippen LogP contribution in [0.4, 0.5) is 0 Å². The summed E-state index contributed by atoms with van der Waals surface area (Å²) in [6.45, 7) is 5.96. The molecule has 0 aliphatic carbocycles. The molecule has 0 unspecified atom stereocenters. The third-order valence-electron chi connectivity index (χ3n) is 4.41. The maximum absolute atomic E-state index is 12.5. The Kier molecular flexibility index (Phi) is 5.21. The molecule has 2 amide bonds. The van der Waals surface area contributed by atoms with Crippen molar-refractivity contribution in [2.24, 2.45) is 0 Å². The van der Waals surface area contributed by atoms with Crippen molar-refractivity contribution in [1.29, 1.82) is 0 Å². The number of hydrogen-bond donors (Lipinski definition) is 2. The molecule has 0 aliphatic rings. The first-order chi connectivity index (χ1) is 12.9. The van der Waals surface area contributed by atoms with E-state index in [0.29, 0.717) is 41.4 Å². The lowest BCUT2D eigenvalue weighted by atomic mass is 10.1. The molecule has 0 saturated carbocycles. The Morgan fingerprint density at radius 2 is 1.93 bits per heavy atom. The quantitative estimate of drug-likeness (QED) is 0.723. The predicted molar refractivity (Wildman–Crippen MR) is 102 cm³/mol. The van der Waals surface area contributed by atoms with E-state index >= 15 is 0 Å². The molecule has 3 aromatic rings. The maximum atomic E-state index is 12.5. The molecule has 140 valence electrons. The highest BCUT2D eigenvalue weighted by molar-refractivity contribution is 5.99. The summed E-state index contributed by atoms with van der Waals surface area (Å²) < 4.78 is 5.72. The molecular formula is C20H22N4O3. The molecule has 0 saturated heterocycles. The normalized spacial score (nSPS) is 10.8. The fourth-order valence-electron chi connectivity index (χ4n) is 2.96. The van der Waals surface area contributed by atoms with Crippen molar-refractivity contribution in [1.82, 2.24) is 20.6 Å². The molecule has 2 heterocycles. The van der Waals surface area contributed by atoms with Gasteiger partial charge in [0, 0.05) is 37.2 Å². The van der Waals surface area contributed by atoms with Gasteiger partial charge in [-0.25, -0.2) is 9.97 Å². The summed E-state index contributed by atoms with van der Waals surface area (Å²) in [5.41, 5.74) is 3.62. The van der Waals surface area contributed by atoms with Gasteiger partial charge in [-0.05, 0) is 32.9 Å². The highest BCUT2D eigenvalue weighted by atomic mass is 16.3. The number of hydrogen-bond acceptors (Lipinski definition) is 5. The first kappa shape index (κ1) is 18.6. The van der Waals surface area contributed by atoms with E-state index in [-0.39, 0.29) is 11.8 Å². The van der Waals surface area contributed by atoms with Crippen molar-refractivity contribution in [3.05, 3.63) is 58.4 Å². The molecule has 0 fully saturated rings. The van der Waals surface area contributed by atoms with Crippen molar-refractivity contribution >= 4 is 22.8 Å². The Morgan fingerprint density at radius 1 is 1.15 bits per heavy atom. The van der Waals surface area contributed by atoms with Crippen LogP contribution in [0.1, 0.15) is 43.6 Å². The summed E-state index contributed by atoms with van der Waals surface area (Å²) in [4.78, 5) is 32.9. The highest BCUT2D eigenvalue weighted by Crippen LogP contribution is 2.26. The van der Waals surface area contributed by atoms with Gasteiger partial charge in [0.25, 0.3) is 11.8 Å². The number of aromatic nitrogens is 2. The second-order valence-electron chi connectivity index (χ2n) is 6.42. The van der Waals surface area contributed by atoms with Crippen LogP contribution in [0, 0.1) is 20.8 Å². The van der Waals surface area contributed by atoms with E-state index in [1.54, 1.807) is 14.0 Å². The van der Waals surface area contributed by atoms with Crippen LogP contribution in [0.2, 0.25) is 0 Å². The Hall–Kier alpha value is -3.22. The molecule has 1 aromatic carbocycles. The fourth-order valence-corrected chi connectivity index (χ4v) is 2.96. The van der Waals surface area contributed by atoms with Gasteiger partial charge in [-0.1, -0.05) is 11.6 Å². The van der Waals surface area contributed by atoms with Crippen molar-refractivity contribution < 1.29 is 14.0 Å². The zero-order valence-electron chi connectivity index (χ0n) is 15.8. The molecule has 0 atom stereocenters. The molecule has 27 heavy (non-hydrogen) atoms. The van der Waals surface area contributed by atoms with Crippen molar-refractivity contribution in [3.8, 4) is 0 Å². The average molecular weight is 366 g/mol. The number of amides is 2. The molecule has 0 aliphatic heterocycles. The zero-order chi connectivity index (χ0) is 19.6. The summed E-state index contributed by atoms with van der Waals surface area (Å²) >= 11 is 0. The molecule has 7 nitrogen and oxygen atoms in total. The van der Waals surface area contributed by atoms with Gasteiger partial charge in [-0.3, -0.25) is 9.59 Å². The van der Waals surface area contributed by atoms with Gasteiger partial charge < -0.3 is 15.1 Å². The van der Waals surface area contributed by atoms with Gasteiger partial charge in [0.1, 0.15) is 11.4 Å². The van der Waals surface area contributed by atoms with Crippen LogP contribution < -0.4 is 10.6 Å². The number of rotatable bonds is 5. The number of nitrogens with zero attached hydrogens (tertiary/aromatic N) is 2. The van der Waals surface area contributed by atoms with Crippen molar-refractivity contribution in [2.45, 2.75) is 27.2 Å². The highest BCUT2D eigenvalue weighted by Gasteiger charge is 2.18. The predicted octanol–water partition coefficient (Wildman–Crippen LogP) is 2.48. The van der Waals surface area contributed by atoms with Crippen LogP contribution >= 0.6 is 0 Å². The Morgan fingerprint density at radius 3 is 2.67 bits per heavy atom. The summed E-state index contributed by atoms with van der Waals surface area (Å²) in [5.74, 6) is 0.349. The molecule has 0 radical (unpaired) electrons. The van der Waals surface area contributed by atoms with Crippen molar-refractivity contribution in [2.75, 3.05) is 13.6 Å². The Bertz CT molecular complexity index is 1020. The molecule has 2 aromatic heterocycles. The number of fused-ring (bicyclic) bond motifs is 1. The van der Waals surface area contributed by atoms with Crippen LogP contribution in [0.3, 0.4) is 0 Å². The number of benzene rings is 1. The van der Waals surface area contributed by atoms with Crippen LogP contribution in [-0.2, 0) is 6.42 Å². The monoisotopic (exact) mass is 366 g/mol. The SMILES string of the molecule is CNC(=O)c1cnc(C)nc1CCNC(=O)c1oc2ccc(C)cc2c1C. The van der Waals surface area contributed by atoms with Gasteiger partial charge in [-0.15, -0.1) is 0 Å². The summed E-state index contributed by atoms with van der Waals surface area (Å²) in [5, 5.41) is 6.35. The average Bonchev–Trinajstić information content (AvgIpc) is 2.97. The van der Waals surface area contributed by atoms with E-state index in [1.165, 1.54) is 6.20 Å². The standard InChI is InChI=1S/C20H22N4O3/c1-11-5-6-17-14(9-11)12(2)18(27-17)20(26)22-8-7-16-15(19(25)21-4)10-23-13(3)24-16/h5-6,9-10H,7-8H2,1-4H3,(H,21,25)(H,22,26). The van der Waals surface area contributed by atoms with Gasteiger partial charge in [0.2, 0.25) is 0 Å². The molecule has 2 N–H and O–H groups in total. The summed E-state index contributed by atoms with van der Waals surface area (Å²) in [6.07, 6.45) is 1.92. The molecule has 0 spiro atoms. The summed E-state index contributed by atoms with van der Waals surface area (Å²) in [6, 6.07) is 5.82. The minimum atomic E-state index is -0.284. The number of aryl methyl sites for hydroxylation is 3.